The van der Waals surface area contributed by atoms with Gasteiger partial charge in [-0.2, -0.15) is 8.78 Å². The molecule has 2 aromatic carbocycles. The van der Waals surface area contributed by atoms with Crippen molar-refractivity contribution >= 4 is 17.5 Å². The number of alkyl halides is 2. The highest BCUT2D eigenvalue weighted by molar-refractivity contribution is 5.99. The van der Waals surface area contributed by atoms with Crippen molar-refractivity contribution in [2.75, 3.05) is 11.9 Å². The van der Waals surface area contributed by atoms with Gasteiger partial charge in [0.15, 0.2) is 0 Å². The molecule has 0 saturated heterocycles. The Kier molecular flexibility index (Phi) is 6.50. The monoisotopic (exact) mass is 376 g/mol. The van der Waals surface area contributed by atoms with E-state index in [2.05, 4.69) is 36.1 Å². The molecule has 0 aliphatic carbocycles. The first-order chi connectivity index (χ1) is 12.6. The summed E-state index contributed by atoms with van der Waals surface area (Å²) in [4.78, 5) is 24.1. The molecule has 0 atom stereocenters. The van der Waals surface area contributed by atoms with Crippen LogP contribution in [0.3, 0.4) is 0 Å². The Bertz CT molecular complexity index is 800. The number of halogens is 2. The highest BCUT2D eigenvalue weighted by Crippen LogP contribution is 2.22. The lowest BCUT2D eigenvalue weighted by atomic mass is 9.87. The topological polar surface area (TPSA) is 67.4 Å². The van der Waals surface area contributed by atoms with Crippen LogP contribution in [0, 0.1) is 0 Å². The van der Waals surface area contributed by atoms with Gasteiger partial charge in [0.2, 0.25) is 5.91 Å². The van der Waals surface area contributed by atoms with E-state index in [-0.39, 0.29) is 23.6 Å². The number of benzene rings is 2. The van der Waals surface area contributed by atoms with Gasteiger partial charge < -0.3 is 15.4 Å². The molecule has 0 spiro atoms. The summed E-state index contributed by atoms with van der Waals surface area (Å²) in [5.74, 6) is -0.921. The van der Waals surface area contributed by atoms with Crippen LogP contribution in [0.2, 0.25) is 0 Å². The Hall–Kier alpha value is -2.96. The molecule has 2 rings (SSSR count). The second-order valence-corrected chi connectivity index (χ2v) is 6.96. The van der Waals surface area contributed by atoms with E-state index < -0.39 is 12.5 Å². The van der Waals surface area contributed by atoms with Gasteiger partial charge in [-0.15, -0.1) is 0 Å². The molecule has 2 N–H and O–H groups in total. The van der Waals surface area contributed by atoms with Crippen LogP contribution >= 0.6 is 0 Å². The van der Waals surface area contributed by atoms with Crippen LogP contribution in [0.1, 0.15) is 36.7 Å². The van der Waals surface area contributed by atoms with Crippen molar-refractivity contribution in [1.82, 2.24) is 5.32 Å². The Morgan fingerprint density at radius 1 is 1.07 bits per heavy atom. The molecule has 0 aliphatic heterocycles. The Morgan fingerprint density at radius 2 is 1.74 bits per heavy atom. The molecule has 5 nitrogen and oxygen atoms in total. The third-order valence-corrected chi connectivity index (χ3v) is 3.77. The van der Waals surface area contributed by atoms with Crippen molar-refractivity contribution in [1.29, 1.82) is 0 Å². The largest absolute Gasteiger partial charge is 0.435 e. The average molecular weight is 376 g/mol. The Balaban J connectivity index is 1.89. The highest BCUT2D eigenvalue weighted by atomic mass is 19.3. The summed E-state index contributed by atoms with van der Waals surface area (Å²) in [6, 6.07) is 12.8. The Labute approximate surface area is 156 Å². The van der Waals surface area contributed by atoms with E-state index >= 15 is 0 Å². The van der Waals surface area contributed by atoms with Crippen LogP contribution in [0.4, 0.5) is 14.5 Å². The number of amides is 2. The van der Waals surface area contributed by atoms with E-state index in [9.17, 15) is 18.4 Å². The van der Waals surface area contributed by atoms with Crippen LogP contribution in [0.5, 0.6) is 5.75 Å². The van der Waals surface area contributed by atoms with Crippen LogP contribution in [-0.2, 0) is 10.2 Å². The third kappa shape index (κ3) is 6.36. The van der Waals surface area contributed by atoms with E-state index in [0.29, 0.717) is 11.3 Å². The molecule has 27 heavy (non-hydrogen) atoms. The fraction of sp³-hybridized carbons (Fsp3) is 0.300. The van der Waals surface area contributed by atoms with Crippen LogP contribution < -0.4 is 15.4 Å². The average Bonchev–Trinajstić information content (AvgIpc) is 2.59. The van der Waals surface area contributed by atoms with Gasteiger partial charge in [0, 0.05) is 17.3 Å². The van der Waals surface area contributed by atoms with Gasteiger partial charge in [-0.25, -0.2) is 0 Å². The van der Waals surface area contributed by atoms with E-state index in [0.717, 1.165) is 5.56 Å². The van der Waals surface area contributed by atoms with Crippen LogP contribution in [0.25, 0.3) is 0 Å². The minimum Gasteiger partial charge on any atom is -0.435 e. The van der Waals surface area contributed by atoms with E-state index in [4.69, 9.17) is 0 Å². The summed E-state index contributed by atoms with van der Waals surface area (Å²) in [7, 11) is 0. The number of carbonyl (C=O) groups is 2. The second-order valence-electron chi connectivity index (χ2n) is 6.96. The summed E-state index contributed by atoms with van der Waals surface area (Å²) in [5.41, 5.74) is 1.82. The zero-order valence-corrected chi connectivity index (χ0v) is 15.4. The fourth-order valence-electron chi connectivity index (χ4n) is 2.34. The van der Waals surface area contributed by atoms with Gasteiger partial charge in [-0.3, -0.25) is 9.59 Å². The molecular formula is C20H22F2N2O3. The number of hydrogen-bond donors (Lipinski definition) is 2. The molecule has 144 valence electrons. The summed E-state index contributed by atoms with van der Waals surface area (Å²) < 4.78 is 28.7. The first kappa shape index (κ1) is 20.4. The van der Waals surface area contributed by atoms with Gasteiger partial charge in [0.1, 0.15) is 5.75 Å². The summed E-state index contributed by atoms with van der Waals surface area (Å²) in [5, 5.41) is 5.03. The zero-order chi connectivity index (χ0) is 20.0. The van der Waals surface area contributed by atoms with Crippen LogP contribution in [0.15, 0.2) is 48.5 Å². The number of rotatable bonds is 6. The third-order valence-electron chi connectivity index (χ3n) is 3.77. The normalized spacial score (nSPS) is 11.2. The van der Waals surface area contributed by atoms with Crippen molar-refractivity contribution in [2.45, 2.75) is 32.8 Å². The minimum absolute atomic E-state index is 0.0164. The van der Waals surface area contributed by atoms with Gasteiger partial charge in [0.25, 0.3) is 5.91 Å². The van der Waals surface area contributed by atoms with Gasteiger partial charge in [-0.05, 0) is 35.2 Å². The van der Waals surface area contributed by atoms with Gasteiger partial charge >= 0.3 is 6.61 Å². The maximum absolute atomic E-state index is 12.2. The fourth-order valence-corrected chi connectivity index (χ4v) is 2.34. The maximum Gasteiger partial charge on any atom is 0.387 e. The molecule has 2 amide bonds. The van der Waals surface area contributed by atoms with Gasteiger partial charge in [0.05, 0.1) is 6.54 Å². The smallest absolute Gasteiger partial charge is 0.387 e. The molecule has 0 fully saturated rings. The summed E-state index contributed by atoms with van der Waals surface area (Å²) in [6.45, 7) is 3.04. The lowest BCUT2D eigenvalue weighted by Gasteiger charge is -2.19. The molecule has 0 aliphatic rings. The van der Waals surface area contributed by atoms with Crippen molar-refractivity contribution in [2.24, 2.45) is 0 Å². The maximum atomic E-state index is 12.2. The molecule has 0 radical (unpaired) electrons. The molecule has 0 heterocycles. The number of hydrogen-bond acceptors (Lipinski definition) is 3. The summed E-state index contributed by atoms with van der Waals surface area (Å²) >= 11 is 0. The van der Waals surface area contributed by atoms with E-state index in [1.54, 1.807) is 12.1 Å². The lowest BCUT2D eigenvalue weighted by molar-refractivity contribution is -0.115. The second kappa shape index (κ2) is 8.62. The van der Waals surface area contributed by atoms with Crippen molar-refractivity contribution in [3.8, 4) is 5.75 Å². The SMILES string of the molecule is CC(C)(C)c1ccc(C(=O)NCC(=O)Nc2cccc(OC(F)F)c2)cc1. The quantitative estimate of drug-likeness (QED) is 0.802. The molecule has 2 aromatic rings. The number of carbonyl (C=O) groups excluding carboxylic acids is 2. The summed E-state index contributed by atoms with van der Waals surface area (Å²) in [6.07, 6.45) is 0. The predicted molar refractivity (Wildman–Crippen MR) is 99.2 cm³/mol. The molecule has 0 bridgehead atoms. The highest BCUT2D eigenvalue weighted by Gasteiger charge is 2.15. The van der Waals surface area contributed by atoms with Crippen molar-refractivity contribution < 1.29 is 23.1 Å². The molecule has 7 heteroatoms. The lowest BCUT2D eigenvalue weighted by Crippen LogP contribution is -2.32. The molecule has 0 unspecified atom stereocenters. The van der Waals surface area contributed by atoms with E-state index in [1.165, 1.54) is 24.3 Å². The Morgan fingerprint density at radius 3 is 2.33 bits per heavy atom. The molecule has 0 aromatic heterocycles. The first-order valence-corrected chi connectivity index (χ1v) is 8.38. The van der Waals surface area contributed by atoms with Crippen LogP contribution in [-0.4, -0.2) is 25.0 Å². The number of ether oxygens (including phenoxy) is 1. The first-order valence-electron chi connectivity index (χ1n) is 8.38. The minimum atomic E-state index is -2.94. The standard InChI is InChI=1S/C20H22F2N2O3/c1-20(2,3)14-9-7-13(8-10-14)18(26)23-12-17(25)24-15-5-4-6-16(11-15)27-19(21)22/h4-11,19H,12H2,1-3H3,(H,23,26)(H,24,25). The molecule has 0 saturated carbocycles. The number of nitrogens with one attached hydrogen (secondary N) is 2. The van der Waals surface area contributed by atoms with Gasteiger partial charge in [-0.1, -0.05) is 39.0 Å². The zero-order valence-electron chi connectivity index (χ0n) is 15.4. The number of anilines is 1. The van der Waals surface area contributed by atoms with Crippen molar-refractivity contribution in [3.05, 3.63) is 59.7 Å². The van der Waals surface area contributed by atoms with E-state index in [1.807, 2.05) is 12.1 Å². The molecular weight excluding hydrogens is 354 g/mol. The predicted octanol–water partition coefficient (Wildman–Crippen LogP) is 3.95. The van der Waals surface area contributed by atoms with Crippen molar-refractivity contribution in [3.63, 3.8) is 0 Å².